The molecule has 5 rings (SSSR count). The number of β-amino-alcohol motifs (C(OH)–C–C–N with tert-alkyl or cyclic N) is 1. The maximum Gasteiger partial charge on any atom is 0.312 e. The molecule has 0 radical (unpaired) electrons. The minimum absolute atomic E-state index is 0.0527. The largest absolute Gasteiger partial charge is 0.465 e. The number of ether oxygens (including phenoxy) is 2. The van der Waals surface area contributed by atoms with Crippen molar-refractivity contribution < 1.29 is 29.0 Å². The van der Waals surface area contributed by atoms with Crippen molar-refractivity contribution in [3.05, 3.63) is 49.6 Å². The van der Waals surface area contributed by atoms with Gasteiger partial charge in [-0.1, -0.05) is 29.5 Å². The Morgan fingerprint density at radius 3 is 2.82 bits per heavy atom. The smallest absolute Gasteiger partial charge is 0.312 e. The minimum atomic E-state index is -1.20. The SMILES string of the molecule is C=CCCCOC(=O)[C@H]1[C@H]2C(=O)N(CCO)C(C(=O)N(CC=C)Cn3nnc4ccccc43)C23CC[C@]1(C)O3. The Morgan fingerprint density at radius 2 is 2.08 bits per heavy atom. The number of fused-ring (bicyclic) bond motifs is 2. The Balaban J connectivity index is 1.47. The van der Waals surface area contributed by atoms with Crippen molar-refractivity contribution in [2.24, 2.45) is 11.8 Å². The summed E-state index contributed by atoms with van der Waals surface area (Å²) in [6.45, 7) is 9.42. The molecular weight excluding hydrogens is 502 g/mol. The van der Waals surface area contributed by atoms with Gasteiger partial charge in [-0.05, 0) is 44.7 Å². The molecule has 11 heteroatoms. The van der Waals surface area contributed by atoms with Gasteiger partial charge in [-0.25, -0.2) is 4.68 Å². The van der Waals surface area contributed by atoms with Gasteiger partial charge in [0.2, 0.25) is 11.8 Å². The Labute approximate surface area is 227 Å². The number of rotatable bonds is 12. The molecule has 5 atom stereocenters. The quantitative estimate of drug-likeness (QED) is 0.246. The van der Waals surface area contributed by atoms with Gasteiger partial charge in [0, 0.05) is 13.1 Å². The van der Waals surface area contributed by atoms with Crippen LogP contribution < -0.4 is 0 Å². The number of carbonyl (C=O) groups is 3. The van der Waals surface area contributed by atoms with E-state index in [2.05, 4.69) is 23.5 Å². The van der Waals surface area contributed by atoms with E-state index < -0.39 is 35.0 Å². The van der Waals surface area contributed by atoms with E-state index in [9.17, 15) is 19.5 Å². The van der Waals surface area contributed by atoms with Crippen LogP contribution in [-0.4, -0.2) is 91.2 Å². The molecule has 39 heavy (non-hydrogen) atoms. The number of aliphatic hydroxyl groups excluding tert-OH is 1. The van der Waals surface area contributed by atoms with Crippen LogP contribution in [0.4, 0.5) is 0 Å². The summed E-state index contributed by atoms with van der Waals surface area (Å²) in [6, 6.07) is 6.41. The van der Waals surface area contributed by atoms with Crippen LogP contribution in [0.25, 0.3) is 11.0 Å². The summed E-state index contributed by atoms with van der Waals surface area (Å²) in [5.41, 5.74) is -0.673. The first kappa shape index (κ1) is 27.0. The van der Waals surface area contributed by atoms with Gasteiger partial charge in [0.25, 0.3) is 0 Å². The molecule has 3 aliphatic heterocycles. The van der Waals surface area contributed by atoms with Gasteiger partial charge in [0.15, 0.2) is 0 Å². The van der Waals surface area contributed by atoms with Crippen LogP contribution in [0.5, 0.6) is 0 Å². The maximum absolute atomic E-state index is 14.3. The topological polar surface area (TPSA) is 127 Å². The molecule has 1 aromatic heterocycles. The first-order valence-electron chi connectivity index (χ1n) is 13.4. The highest BCUT2D eigenvalue weighted by molar-refractivity contribution is 5.98. The molecule has 0 aliphatic carbocycles. The fraction of sp³-hybridized carbons (Fsp3) is 0.536. The molecular formula is C28H35N5O6. The predicted molar refractivity (Wildman–Crippen MR) is 141 cm³/mol. The number of carbonyl (C=O) groups excluding carboxylic acids is 3. The molecule has 2 bridgehead atoms. The number of para-hydroxylation sites is 1. The summed E-state index contributed by atoms with van der Waals surface area (Å²) in [6.07, 6.45) is 5.65. The number of nitrogens with zero attached hydrogens (tertiary/aromatic N) is 5. The molecule has 1 N–H and O–H groups in total. The van der Waals surface area contributed by atoms with Crippen molar-refractivity contribution in [2.75, 3.05) is 26.3 Å². The van der Waals surface area contributed by atoms with Crippen LogP contribution >= 0.6 is 0 Å². The zero-order chi connectivity index (χ0) is 27.8. The third-order valence-corrected chi connectivity index (χ3v) is 8.29. The van der Waals surface area contributed by atoms with Crippen LogP contribution in [0.15, 0.2) is 49.6 Å². The highest BCUT2D eigenvalue weighted by Gasteiger charge is 2.78. The Bertz CT molecular complexity index is 1290. The second-order valence-corrected chi connectivity index (χ2v) is 10.6. The zero-order valence-corrected chi connectivity index (χ0v) is 22.2. The Morgan fingerprint density at radius 1 is 1.28 bits per heavy atom. The predicted octanol–water partition coefficient (Wildman–Crippen LogP) is 1.67. The lowest BCUT2D eigenvalue weighted by atomic mass is 9.66. The third kappa shape index (κ3) is 4.33. The number of hydrogen-bond donors (Lipinski definition) is 1. The summed E-state index contributed by atoms with van der Waals surface area (Å²) in [5.74, 6) is -2.93. The van der Waals surface area contributed by atoms with Crippen molar-refractivity contribution >= 4 is 28.8 Å². The van der Waals surface area contributed by atoms with Gasteiger partial charge in [0.1, 0.15) is 29.7 Å². The van der Waals surface area contributed by atoms with Crippen molar-refractivity contribution in [2.45, 2.75) is 56.5 Å². The lowest BCUT2D eigenvalue weighted by molar-refractivity contribution is -0.160. The van der Waals surface area contributed by atoms with Crippen LogP contribution in [0.1, 0.15) is 32.6 Å². The molecule has 3 aliphatic rings. The molecule has 2 unspecified atom stereocenters. The van der Waals surface area contributed by atoms with Crippen LogP contribution in [-0.2, 0) is 30.5 Å². The van der Waals surface area contributed by atoms with Gasteiger partial charge in [-0.3, -0.25) is 14.4 Å². The van der Waals surface area contributed by atoms with E-state index in [1.807, 2.05) is 31.2 Å². The van der Waals surface area contributed by atoms with E-state index in [1.54, 1.807) is 21.7 Å². The fourth-order valence-electron chi connectivity index (χ4n) is 6.63. The summed E-state index contributed by atoms with van der Waals surface area (Å²) in [5, 5.41) is 18.2. The van der Waals surface area contributed by atoms with Crippen molar-refractivity contribution in [3.63, 3.8) is 0 Å². The molecule has 208 valence electrons. The maximum atomic E-state index is 14.3. The van der Waals surface area contributed by atoms with Crippen LogP contribution in [0.3, 0.4) is 0 Å². The van der Waals surface area contributed by atoms with Crippen LogP contribution in [0.2, 0.25) is 0 Å². The number of aliphatic hydroxyl groups is 1. The van der Waals surface area contributed by atoms with E-state index in [0.717, 1.165) is 5.52 Å². The number of likely N-dealkylation sites (tertiary alicyclic amines) is 1. The van der Waals surface area contributed by atoms with Gasteiger partial charge < -0.3 is 24.4 Å². The number of allylic oxidation sites excluding steroid dienone is 1. The van der Waals surface area contributed by atoms with Crippen LogP contribution in [0, 0.1) is 11.8 Å². The van der Waals surface area contributed by atoms with Gasteiger partial charge >= 0.3 is 5.97 Å². The summed E-state index contributed by atoms with van der Waals surface area (Å²) >= 11 is 0. The second kappa shape index (κ2) is 10.5. The third-order valence-electron chi connectivity index (χ3n) is 8.29. The van der Waals surface area contributed by atoms with E-state index in [0.29, 0.717) is 31.2 Å². The highest BCUT2D eigenvalue weighted by Crippen LogP contribution is 2.63. The Kier molecular flexibility index (Phi) is 7.30. The molecule has 3 saturated heterocycles. The lowest BCUT2D eigenvalue weighted by Crippen LogP contribution is -2.56. The molecule has 1 aromatic carbocycles. The molecule has 11 nitrogen and oxygen atoms in total. The number of benzene rings is 1. The second-order valence-electron chi connectivity index (χ2n) is 10.6. The summed E-state index contributed by atoms with van der Waals surface area (Å²) in [4.78, 5) is 44.4. The van der Waals surface area contributed by atoms with Crippen molar-refractivity contribution in [1.29, 1.82) is 0 Å². The van der Waals surface area contributed by atoms with Crippen molar-refractivity contribution in [1.82, 2.24) is 24.8 Å². The van der Waals surface area contributed by atoms with E-state index in [4.69, 9.17) is 9.47 Å². The van der Waals surface area contributed by atoms with E-state index in [1.165, 1.54) is 4.90 Å². The zero-order valence-electron chi connectivity index (χ0n) is 22.2. The average molecular weight is 538 g/mol. The number of aromatic nitrogens is 3. The summed E-state index contributed by atoms with van der Waals surface area (Å²) < 4.78 is 13.8. The number of esters is 1. The highest BCUT2D eigenvalue weighted by atomic mass is 16.6. The summed E-state index contributed by atoms with van der Waals surface area (Å²) in [7, 11) is 0. The minimum Gasteiger partial charge on any atom is -0.465 e. The fourth-order valence-corrected chi connectivity index (χ4v) is 6.63. The van der Waals surface area contributed by atoms with E-state index in [-0.39, 0.29) is 44.8 Å². The molecule has 1 spiro atoms. The molecule has 2 amide bonds. The molecule has 4 heterocycles. The van der Waals surface area contributed by atoms with Crippen molar-refractivity contribution in [3.8, 4) is 0 Å². The molecule has 2 aromatic rings. The van der Waals surface area contributed by atoms with Gasteiger partial charge in [-0.15, -0.1) is 18.3 Å². The standard InChI is InChI=1S/C28H35N5O6/c1-4-6-9-17-38-26(37)22-21-24(35)32(15-16-34)23(28(21)13-12-27(22,3)39-28)25(36)31(14-5-2)18-33-20-11-8-7-10-19(20)29-30-33/h4-5,7-8,10-11,21-23,34H,1-2,6,9,12-18H2,3H3/t21-,22+,23?,27-,28?/m0/s1. The molecule has 3 fully saturated rings. The average Bonchev–Trinajstić information content (AvgIpc) is 3.62. The monoisotopic (exact) mass is 537 g/mol. The van der Waals surface area contributed by atoms with E-state index >= 15 is 0 Å². The number of unbranched alkanes of at least 4 members (excludes halogenated alkanes) is 1. The van der Waals surface area contributed by atoms with Gasteiger partial charge in [-0.2, -0.15) is 0 Å². The molecule has 0 saturated carbocycles. The number of amides is 2. The lowest BCUT2D eigenvalue weighted by Gasteiger charge is -2.36. The number of hydrogen-bond acceptors (Lipinski definition) is 8. The normalized spacial score (nSPS) is 29.0. The van der Waals surface area contributed by atoms with Gasteiger partial charge in [0.05, 0.1) is 30.2 Å². The first-order chi connectivity index (χ1) is 18.8. The first-order valence-corrected chi connectivity index (χ1v) is 13.4. The Hall–Kier alpha value is -3.57.